The molecule has 0 amide bonds. The summed E-state index contributed by atoms with van der Waals surface area (Å²) in [5, 5.41) is 2.60. The van der Waals surface area contributed by atoms with Crippen LogP contribution in [-0.4, -0.2) is 5.78 Å². The highest BCUT2D eigenvalue weighted by atomic mass is 16.1. The maximum absolute atomic E-state index is 11.5. The molecule has 0 aromatic heterocycles. The van der Waals surface area contributed by atoms with Crippen molar-refractivity contribution >= 4 is 16.6 Å². The molecule has 0 radical (unpaired) electrons. The largest absolute Gasteiger partial charge is 0.299 e. The number of hydrogen-bond acceptors (Lipinski definition) is 1. The van der Waals surface area contributed by atoms with Gasteiger partial charge in [0.1, 0.15) is 5.78 Å². The van der Waals surface area contributed by atoms with Crippen LogP contribution >= 0.6 is 0 Å². The third-order valence-corrected chi connectivity index (χ3v) is 3.77. The van der Waals surface area contributed by atoms with Crippen LogP contribution in [0.15, 0.2) is 54.6 Å². The second kappa shape index (κ2) is 7.04. The highest BCUT2D eigenvalue weighted by Gasteiger charge is 2.07. The van der Waals surface area contributed by atoms with Crippen molar-refractivity contribution in [3.05, 3.63) is 60.2 Å². The van der Waals surface area contributed by atoms with Crippen LogP contribution in [0, 0.1) is 5.92 Å². The molecule has 0 heterocycles. The van der Waals surface area contributed by atoms with Gasteiger partial charge in [0.2, 0.25) is 0 Å². The molecule has 0 saturated heterocycles. The average Bonchev–Trinajstić information content (AvgIpc) is 2.50. The Morgan fingerprint density at radius 1 is 1.10 bits per heavy atom. The van der Waals surface area contributed by atoms with Crippen LogP contribution in [0.3, 0.4) is 0 Å². The predicted molar refractivity (Wildman–Crippen MR) is 85.9 cm³/mol. The van der Waals surface area contributed by atoms with Crippen LogP contribution < -0.4 is 0 Å². The Morgan fingerprint density at radius 3 is 2.65 bits per heavy atom. The minimum Gasteiger partial charge on any atom is -0.299 e. The smallest absolute Gasteiger partial charge is 0.135 e. The van der Waals surface area contributed by atoms with Crippen LogP contribution in [-0.2, 0) is 11.2 Å². The van der Waals surface area contributed by atoms with Crippen molar-refractivity contribution in [2.75, 3.05) is 0 Å². The molecule has 0 bridgehead atoms. The van der Waals surface area contributed by atoms with E-state index in [-0.39, 0.29) is 5.92 Å². The molecular weight excluding hydrogens is 244 g/mol. The lowest BCUT2D eigenvalue weighted by atomic mass is 9.99. The number of ketones is 1. The van der Waals surface area contributed by atoms with Crippen LogP contribution in [0.4, 0.5) is 0 Å². The highest BCUT2D eigenvalue weighted by Crippen LogP contribution is 2.19. The van der Waals surface area contributed by atoms with Gasteiger partial charge in [0.05, 0.1) is 0 Å². The van der Waals surface area contributed by atoms with Crippen molar-refractivity contribution in [3.8, 4) is 0 Å². The molecule has 2 aromatic carbocycles. The van der Waals surface area contributed by atoms with Gasteiger partial charge < -0.3 is 0 Å². The maximum atomic E-state index is 11.5. The summed E-state index contributed by atoms with van der Waals surface area (Å²) >= 11 is 0. The first-order chi connectivity index (χ1) is 9.72. The lowest BCUT2D eigenvalue weighted by Crippen LogP contribution is -2.07. The number of rotatable bonds is 6. The number of carbonyl (C=O) groups is 1. The van der Waals surface area contributed by atoms with Crippen molar-refractivity contribution in [1.82, 2.24) is 0 Å². The summed E-state index contributed by atoms with van der Waals surface area (Å²) in [6.07, 6.45) is 6.73. The lowest BCUT2D eigenvalue weighted by molar-refractivity contribution is -0.121. The molecule has 1 unspecified atom stereocenters. The molecule has 1 heteroatoms. The Hall–Kier alpha value is -1.89. The standard InChI is InChI=1S/C19H22O/c1-3-19(20)15(2)9-4-5-10-16-12-8-13-17-11-6-7-14-18(16)17/h4-8,11-15H,3,9-10H2,1-2H3. The van der Waals surface area contributed by atoms with E-state index in [0.717, 1.165) is 12.8 Å². The van der Waals surface area contributed by atoms with Gasteiger partial charge in [0.25, 0.3) is 0 Å². The Kier molecular flexibility index (Phi) is 5.11. The first-order valence-electron chi connectivity index (χ1n) is 7.36. The molecule has 0 aliphatic rings. The molecule has 0 saturated carbocycles. The molecule has 2 aromatic rings. The van der Waals surface area contributed by atoms with Gasteiger partial charge in [-0.05, 0) is 29.2 Å². The Balaban J connectivity index is 2.01. The zero-order valence-electron chi connectivity index (χ0n) is 12.3. The van der Waals surface area contributed by atoms with Crippen LogP contribution in [0.2, 0.25) is 0 Å². The van der Waals surface area contributed by atoms with Crippen molar-refractivity contribution in [3.63, 3.8) is 0 Å². The monoisotopic (exact) mass is 266 g/mol. The van der Waals surface area contributed by atoms with Gasteiger partial charge in [-0.3, -0.25) is 4.79 Å². The third kappa shape index (κ3) is 3.57. The second-order valence-electron chi connectivity index (χ2n) is 5.27. The van der Waals surface area contributed by atoms with E-state index in [1.54, 1.807) is 0 Å². The van der Waals surface area contributed by atoms with Crippen LogP contribution in [0.25, 0.3) is 10.8 Å². The second-order valence-corrected chi connectivity index (χ2v) is 5.27. The number of allylic oxidation sites excluding steroid dienone is 2. The normalized spacial score (nSPS) is 12.9. The van der Waals surface area contributed by atoms with E-state index in [1.165, 1.54) is 16.3 Å². The van der Waals surface area contributed by atoms with Gasteiger partial charge in [-0.1, -0.05) is 68.5 Å². The number of hydrogen-bond donors (Lipinski definition) is 0. The number of benzene rings is 2. The fourth-order valence-electron chi connectivity index (χ4n) is 2.46. The fourth-order valence-corrected chi connectivity index (χ4v) is 2.46. The number of carbonyl (C=O) groups excluding carboxylic acids is 1. The molecule has 20 heavy (non-hydrogen) atoms. The molecule has 0 spiro atoms. The topological polar surface area (TPSA) is 17.1 Å². The van der Waals surface area contributed by atoms with E-state index in [9.17, 15) is 4.79 Å². The molecule has 1 nitrogen and oxygen atoms in total. The summed E-state index contributed by atoms with van der Waals surface area (Å²) in [6.45, 7) is 3.94. The summed E-state index contributed by atoms with van der Waals surface area (Å²) in [5.41, 5.74) is 1.34. The molecule has 2 rings (SSSR count). The molecule has 104 valence electrons. The van der Waals surface area contributed by atoms with Gasteiger partial charge in [0, 0.05) is 12.3 Å². The first-order valence-corrected chi connectivity index (χ1v) is 7.36. The molecular formula is C19H22O. The van der Waals surface area contributed by atoms with E-state index in [1.807, 2.05) is 13.8 Å². The molecule has 0 fully saturated rings. The quantitative estimate of drug-likeness (QED) is 0.676. The van der Waals surface area contributed by atoms with E-state index in [4.69, 9.17) is 0 Å². The third-order valence-electron chi connectivity index (χ3n) is 3.77. The van der Waals surface area contributed by atoms with Gasteiger partial charge in [0.15, 0.2) is 0 Å². The van der Waals surface area contributed by atoms with Gasteiger partial charge >= 0.3 is 0 Å². The van der Waals surface area contributed by atoms with E-state index in [0.29, 0.717) is 12.2 Å². The Labute approximate surface area is 121 Å². The molecule has 0 N–H and O–H groups in total. The Morgan fingerprint density at radius 2 is 1.85 bits per heavy atom. The van der Waals surface area contributed by atoms with Crippen molar-refractivity contribution in [2.24, 2.45) is 5.92 Å². The predicted octanol–water partition coefficient (Wildman–Crippen LogP) is 4.94. The van der Waals surface area contributed by atoms with E-state index < -0.39 is 0 Å². The molecule has 0 aliphatic carbocycles. The SMILES string of the molecule is CCC(=O)C(C)CC=CCc1cccc2ccccc12. The zero-order chi connectivity index (χ0) is 14.4. The van der Waals surface area contributed by atoms with Crippen molar-refractivity contribution in [2.45, 2.75) is 33.1 Å². The maximum Gasteiger partial charge on any atom is 0.135 e. The average molecular weight is 266 g/mol. The lowest BCUT2D eigenvalue weighted by Gasteiger charge is -2.05. The fraction of sp³-hybridized carbons (Fsp3) is 0.316. The first kappa shape index (κ1) is 14.5. The van der Waals surface area contributed by atoms with Gasteiger partial charge in [-0.25, -0.2) is 0 Å². The van der Waals surface area contributed by atoms with Gasteiger partial charge in [-0.15, -0.1) is 0 Å². The van der Waals surface area contributed by atoms with Crippen LogP contribution in [0.1, 0.15) is 32.3 Å². The summed E-state index contributed by atoms with van der Waals surface area (Å²) in [5.74, 6) is 0.489. The van der Waals surface area contributed by atoms with Gasteiger partial charge in [-0.2, -0.15) is 0 Å². The van der Waals surface area contributed by atoms with Crippen molar-refractivity contribution in [1.29, 1.82) is 0 Å². The molecule has 0 aliphatic heterocycles. The summed E-state index contributed by atoms with van der Waals surface area (Å²) < 4.78 is 0. The number of fused-ring (bicyclic) bond motifs is 1. The van der Waals surface area contributed by atoms with E-state index >= 15 is 0 Å². The van der Waals surface area contributed by atoms with E-state index in [2.05, 4.69) is 54.6 Å². The number of Topliss-reactive ketones (excluding diaryl/α,β-unsaturated/α-hetero) is 1. The van der Waals surface area contributed by atoms with Crippen LogP contribution in [0.5, 0.6) is 0 Å². The Bertz CT molecular complexity index is 605. The highest BCUT2D eigenvalue weighted by molar-refractivity contribution is 5.85. The minimum atomic E-state index is 0.142. The summed E-state index contributed by atoms with van der Waals surface area (Å²) in [4.78, 5) is 11.5. The summed E-state index contributed by atoms with van der Waals surface area (Å²) in [6, 6.07) is 14.9. The minimum absolute atomic E-state index is 0.142. The zero-order valence-corrected chi connectivity index (χ0v) is 12.3. The van der Waals surface area contributed by atoms with Crippen molar-refractivity contribution < 1.29 is 4.79 Å². The summed E-state index contributed by atoms with van der Waals surface area (Å²) in [7, 11) is 0. The molecule has 1 atom stereocenters.